The summed E-state index contributed by atoms with van der Waals surface area (Å²) in [6.45, 7) is 1.53. The molecular weight excluding hydrogens is 579 g/mol. The second-order valence-corrected chi connectivity index (χ2v) is 10.1. The lowest BCUT2D eigenvalue weighted by molar-refractivity contribution is -0.385. The normalized spacial score (nSPS) is 10.7. The minimum atomic E-state index is -0.540. The van der Waals surface area contributed by atoms with E-state index >= 15 is 0 Å². The van der Waals surface area contributed by atoms with Crippen LogP contribution in [0.4, 0.5) is 11.4 Å². The topological polar surface area (TPSA) is 141 Å². The molecule has 0 aliphatic carbocycles. The Kier molecular flexibility index (Phi) is 9.25. The fourth-order valence-corrected chi connectivity index (χ4v) is 4.67. The molecular formula is C26H22Cl2N6O5S. The third kappa shape index (κ3) is 6.89. The van der Waals surface area contributed by atoms with E-state index in [4.69, 9.17) is 27.9 Å². The maximum atomic E-state index is 12.8. The molecule has 4 rings (SSSR count). The third-order valence-electron chi connectivity index (χ3n) is 5.64. The quantitative estimate of drug-likeness (QED) is 0.139. The van der Waals surface area contributed by atoms with Crippen molar-refractivity contribution in [2.24, 2.45) is 0 Å². The molecule has 3 aromatic carbocycles. The fourth-order valence-electron chi connectivity index (χ4n) is 3.60. The Labute approximate surface area is 243 Å². The van der Waals surface area contributed by atoms with Crippen molar-refractivity contribution < 1.29 is 19.2 Å². The van der Waals surface area contributed by atoms with Gasteiger partial charge in [-0.15, -0.1) is 10.2 Å². The maximum Gasteiger partial charge on any atom is 0.273 e. The number of hydrogen-bond acceptors (Lipinski definition) is 8. The number of carbonyl (C=O) groups is 2. The smallest absolute Gasteiger partial charge is 0.273 e. The van der Waals surface area contributed by atoms with Gasteiger partial charge in [0.15, 0.2) is 11.0 Å². The first kappa shape index (κ1) is 28.9. The fraction of sp³-hybridized carbons (Fsp3) is 0.154. The zero-order valence-corrected chi connectivity index (χ0v) is 23.5. The lowest BCUT2D eigenvalue weighted by Gasteiger charge is -2.12. The highest BCUT2D eigenvalue weighted by Crippen LogP contribution is 2.28. The van der Waals surface area contributed by atoms with Gasteiger partial charge in [-0.3, -0.25) is 24.3 Å². The predicted octanol–water partition coefficient (Wildman–Crippen LogP) is 5.46. The largest absolute Gasteiger partial charge is 0.497 e. The van der Waals surface area contributed by atoms with Crippen molar-refractivity contribution in [3.8, 4) is 11.4 Å². The monoisotopic (exact) mass is 600 g/mol. The highest BCUT2D eigenvalue weighted by Gasteiger charge is 2.19. The number of nitro groups is 1. The molecule has 4 aromatic rings. The number of methoxy groups -OCH3 is 1. The molecule has 11 nitrogen and oxygen atoms in total. The summed E-state index contributed by atoms with van der Waals surface area (Å²) in [5, 5.41) is 26.2. The summed E-state index contributed by atoms with van der Waals surface area (Å²) in [4.78, 5) is 36.1. The van der Waals surface area contributed by atoms with Gasteiger partial charge in [-0.2, -0.15) is 0 Å². The zero-order chi connectivity index (χ0) is 28.8. The summed E-state index contributed by atoms with van der Waals surface area (Å²) >= 11 is 13.5. The molecule has 206 valence electrons. The summed E-state index contributed by atoms with van der Waals surface area (Å²) < 4.78 is 6.77. The van der Waals surface area contributed by atoms with E-state index in [0.717, 1.165) is 11.8 Å². The first-order chi connectivity index (χ1) is 19.2. The Morgan fingerprint density at radius 2 is 1.80 bits per heavy atom. The number of ether oxygens (including phenoxy) is 1. The molecule has 0 bridgehead atoms. The van der Waals surface area contributed by atoms with Gasteiger partial charge in [-0.1, -0.05) is 41.0 Å². The van der Waals surface area contributed by atoms with Gasteiger partial charge >= 0.3 is 0 Å². The van der Waals surface area contributed by atoms with E-state index in [1.165, 1.54) is 18.2 Å². The number of carbonyl (C=O) groups excluding carboxylic acids is 2. The van der Waals surface area contributed by atoms with E-state index in [0.29, 0.717) is 43.7 Å². The number of halogens is 2. The number of aryl methyl sites for hydroxylation is 1. The summed E-state index contributed by atoms with van der Waals surface area (Å²) in [6, 6.07) is 16.1. The molecule has 0 spiro atoms. The van der Waals surface area contributed by atoms with Crippen LogP contribution in [0.1, 0.15) is 21.7 Å². The molecule has 1 heterocycles. The molecule has 0 radical (unpaired) electrons. The van der Waals surface area contributed by atoms with Crippen LogP contribution in [0, 0.1) is 17.0 Å². The van der Waals surface area contributed by atoms with E-state index in [1.807, 2.05) is 0 Å². The molecule has 14 heteroatoms. The Balaban J connectivity index is 1.52. The lowest BCUT2D eigenvalue weighted by atomic mass is 10.1. The van der Waals surface area contributed by atoms with Gasteiger partial charge in [0.25, 0.3) is 11.6 Å². The first-order valence-electron chi connectivity index (χ1n) is 11.7. The standard InChI is InChI=1S/C26H22Cl2N6O5S/c1-15-3-4-16(11-22(15)34(37)38)25(36)29-13-23-31-32-26(33(23)18-7-10-20(27)21(28)12-18)40-14-24(35)30-17-5-8-19(39-2)9-6-17/h3-12H,13-14H2,1-2H3,(H,29,36)(H,30,35). The summed E-state index contributed by atoms with van der Waals surface area (Å²) in [7, 11) is 1.56. The van der Waals surface area contributed by atoms with Crippen LogP contribution in [0.2, 0.25) is 10.0 Å². The molecule has 0 unspecified atom stereocenters. The number of thioether (sulfide) groups is 1. The van der Waals surface area contributed by atoms with Crippen LogP contribution in [0.3, 0.4) is 0 Å². The third-order valence-corrected chi connectivity index (χ3v) is 7.31. The van der Waals surface area contributed by atoms with Gasteiger partial charge in [-0.05, 0) is 55.5 Å². The Morgan fingerprint density at radius 3 is 2.48 bits per heavy atom. The molecule has 0 atom stereocenters. The Hall–Kier alpha value is -4.13. The van der Waals surface area contributed by atoms with Crippen molar-refractivity contribution in [2.75, 3.05) is 18.2 Å². The Morgan fingerprint density at radius 1 is 1.05 bits per heavy atom. The van der Waals surface area contributed by atoms with Crippen molar-refractivity contribution in [3.05, 3.63) is 97.8 Å². The van der Waals surface area contributed by atoms with E-state index in [2.05, 4.69) is 20.8 Å². The van der Waals surface area contributed by atoms with Crippen molar-refractivity contribution in [3.63, 3.8) is 0 Å². The van der Waals surface area contributed by atoms with Gasteiger partial charge < -0.3 is 15.4 Å². The molecule has 1 aromatic heterocycles. The molecule has 40 heavy (non-hydrogen) atoms. The number of nitro benzene ring substituents is 1. The summed E-state index contributed by atoms with van der Waals surface area (Å²) in [5.74, 6) is 0.230. The average Bonchev–Trinajstić information content (AvgIpc) is 3.35. The predicted molar refractivity (Wildman–Crippen MR) is 153 cm³/mol. The van der Waals surface area contributed by atoms with Gasteiger partial charge in [0.1, 0.15) is 5.75 Å². The van der Waals surface area contributed by atoms with Crippen LogP contribution in [0.5, 0.6) is 5.75 Å². The van der Waals surface area contributed by atoms with Crippen molar-refractivity contribution >= 4 is 58.2 Å². The number of aromatic nitrogens is 3. The van der Waals surface area contributed by atoms with Crippen molar-refractivity contribution in [1.29, 1.82) is 0 Å². The van der Waals surface area contributed by atoms with E-state index in [1.54, 1.807) is 61.1 Å². The minimum Gasteiger partial charge on any atom is -0.497 e. The van der Waals surface area contributed by atoms with Crippen LogP contribution in [-0.2, 0) is 11.3 Å². The number of nitrogens with zero attached hydrogens (tertiary/aromatic N) is 4. The van der Waals surface area contributed by atoms with Crippen LogP contribution in [-0.4, -0.2) is 44.4 Å². The summed E-state index contributed by atoms with van der Waals surface area (Å²) in [6.07, 6.45) is 0. The van der Waals surface area contributed by atoms with E-state index in [9.17, 15) is 19.7 Å². The molecule has 2 N–H and O–H groups in total. The number of amides is 2. The molecule has 0 fully saturated rings. The lowest BCUT2D eigenvalue weighted by Crippen LogP contribution is -2.25. The van der Waals surface area contributed by atoms with Crippen molar-refractivity contribution in [2.45, 2.75) is 18.6 Å². The minimum absolute atomic E-state index is 0.0187. The number of benzene rings is 3. The Bertz CT molecular complexity index is 1580. The number of anilines is 1. The number of rotatable bonds is 10. The van der Waals surface area contributed by atoms with E-state index < -0.39 is 10.8 Å². The first-order valence-corrected chi connectivity index (χ1v) is 13.4. The highest BCUT2D eigenvalue weighted by molar-refractivity contribution is 7.99. The molecule has 0 aliphatic heterocycles. The van der Waals surface area contributed by atoms with Gasteiger partial charge in [-0.25, -0.2) is 0 Å². The molecule has 0 saturated carbocycles. The molecule has 2 amide bonds. The highest BCUT2D eigenvalue weighted by atomic mass is 35.5. The zero-order valence-electron chi connectivity index (χ0n) is 21.2. The second kappa shape index (κ2) is 12.8. The summed E-state index contributed by atoms with van der Waals surface area (Å²) in [5.41, 5.74) is 1.59. The second-order valence-electron chi connectivity index (χ2n) is 8.34. The van der Waals surface area contributed by atoms with Crippen LogP contribution in [0.25, 0.3) is 5.69 Å². The maximum absolute atomic E-state index is 12.8. The number of hydrogen-bond donors (Lipinski definition) is 2. The average molecular weight is 601 g/mol. The van der Waals surface area contributed by atoms with Gasteiger partial charge in [0, 0.05) is 22.9 Å². The van der Waals surface area contributed by atoms with Crippen LogP contribution < -0.4 is 15.4 Å². The number of nitrogens with one attached hydrogen (secondary N) is 2. The van der Waals surface area contributed by atoms with Gasteiger partial charge in [0.2, 0.25) is 5.91 Å². The molecule has 0 aliphatic rings. The SMILES string of the molecule is COc1ccc(NC(=O)CSc2nnc(CNC(=O)c3ccc(C)c([N+](=O)[O-])c3)n2-c2ccc(Cl)c(Cl)c2)cc1. The van der Waals surface area contributed by atoms with Crippen LogP contribution >= 0.6 is 35.0 Å². The van der Waals surface area contributed by atoms with E-state index in [-0.39, 0.29) is 29.5 Å². The van der Waals surface area contributed by atoms with Crippen molar-refractivity contribution in [1.82, 2.24) is 20.1 Å². The van der Waals surface area contributed by atoms with Crippen LogP contribution in [0.15, 0.2) is 65.8 Å². The molecule has 0 saturated heterocycles. The van der Waals surface area contributed by atoms with Gasteiger partial charge in [0.05, 0.1) is 40.1 Å².